The van der Waals surface area contributed by atoms with Gasteiger partial charge in [-0.3, -0.25) is 4.68 Å². The molecule has 1 rings (SSSR count). The van der Waals surface area contributed by atoms with Crippen molar-refractivity contribution in [1.82, 2.24) is 9.78 Å². The number of alkyl halides is 3. The third-order valence-corrected chi connectivity index (χ3v) is 1.14. The number of halogens is 4. The summed E-state index contributed by atoms with van der Waals surface area (Å²) in [5.74, 6) is 0. The first-order valence-electron chi connectivity index (χ1n) is 2.72. The van der Waals surface area contributed by atoms with Crippen LogP contribution in [-0.4, -0.2) is 16.0 Å². The predicted octanol–water partition coefficient (Wildman–Crippen LogP) is 2.10. The summed E-state index contributed by atoms with van der Waals surface area (Å²) in [7, 11) is 0. The first-order valence-corrected chi connectivity index (χ1v) is 3.10. The molecule has 0 radical (unpaired) electrons. The summed E-state index contributed by atoms with van der Waals surface area (Å²) in [5, 5.41) is 3.57. The van der Waals surface area contributed by atoms with E-state index >= 15 is 0 Å². The average molecular weight is 185 g/mol. The van der Waals surface area contributed by atoms with E-state index in [4.69, 9.17) is 11.6 Å². The molecule has 0 N–H and O–H groups in total. The zero-order chi connectivity index (χ0) is 8.48. The second kappa shape index (κ2) is 2.73. The van der Waals surface area contributed by atoms with Crippen molar-refractivity contribution in [2.24, 2.45) is 0 Å². The van der Waals surface area contributed by atoms with Gasteiger partial charge in [-0.25, -0.2) is 0 Å². The van der Waals surface area contributed by atoms with Crippen LogP contribution >= 0.6 is 11.6 Å². The second-order valence-corrected chi connectivity index (χ2v) is 2.41. The van der Waals surface area contributed by atoms with Crippen molar-refractivity contribution in [3.63, 3.8) is 0 Å². The highest BCUT2D eigenvalue weighted by Crippen LogP contribution is 2.17. The Labute approximate surface area is 65.6 Å². The molecule has 0 saturated carbocycles. The number of hydrogen-bond donors (Lipinski definition) is 0. The van der Waals surface area contributed by atoms with Gasteiger partial charge in [0.15, 0.2) is 0 Å². The maximum absolute atomic E-state index is 11.6. The smallest absolute Gasteiger partial charge is 0.262 e. The summed E-state index contributed by atoms with van der Waals surface area (Å²) in [6.45, 7) is -1.10. The second-order valence-electron chi connectivity index (χ2n) is 1.97. The monoisotopic (exact) mass is 184 g/mol. The SMILES string of the molecule is FC(F)(F)Cn1cc(Cl)cn1. The number of hydrogen-bond acceptors (Lipinski definition) is 1. The minimum Gasteiger partial charge on any atom is -0.262 e. The van der Waals surface area contributed by atoms with Crippen LogP contribution in [0.3, 0.4) is 0 Å². The lowest BCUT2D eigenvalue weighted by Crippen LogP contribution is -2.17. The minimum atomic E-state index is -4.24. The van der Waals surface area contributed by atoms with Gasteiger partial charge in [0, 0.05) is 6.20 Å². The van der Waals surface area contributed by atoms with Crippen LogP contribution in [0.15, 0.2) is 12.4 Å². The maximum Gasteiger partial charge on any atom is 0.408 e. The molecule has 0 amide bonds. The Kier molecular flexibility index (Phi) is 2.08. The molecule has 0 aliphatic heterocycles. The number of aromatic nitrogens is 2. The molecule has 0 spiro atoms. The van der Waals surface area contributed by atoms with Crippen molar-refractivity contribution in [2.75, 3.05) is 0 Å². The predicted molar refractivity (Wildman–Crippen MR) is 33.3 cm³/mol. The van der Waals surface area contributed by atoms with E-state index in [0.717, 1.165) is 17.1 Å². The van der Waals surface area contributed by atoms with Gasteiger partial charge < -0.3 is 0 Å². The molecule has 0 saturated heterocycles. The topological polar surface area (TPSA) is 17.8 Å². The van der Waals surface area contributed by atoms with Crippen molar-refractivity contribution in [3.05, 3.63) is 17.4 Å². The van der Waals surface area contributed by atoms with Crippen LogP contribution in [0, 0.1) is 0 Å². The molecule has 1 aromatic rings. The Morgan fingerprint density at radius 1 is 1.55 bits per heavy atom. The summed E-state index contributed by atoms with van der Waals surface area (Å²) in [4.78, 5) is 0. The number of nitrogens with zero attached hydrogens (tertiary/aromatic N) is 2. The van der Waals surface area contributed by atoms with Gasteiger partial charge >= 0.3 is 6.18 Å². The quantitative estimate of drug-likeness (QED) is 0.654. The molecule has 0 bridgehead atoms. The normalized spacial score (nSPS) is 12.0. The van der Waals surface area contributed by atoms with Gasteiger partial charge in [0.2, 0.25) is 0 Å². The van der Waals surface area contributed by atoms with Crippen LogP contribution in [0.25, 0.3) is 0 Å². The summed E-state index contributed by atoms with van der Waals surface area (Å²) < 4.78 is 35.7. The van der Waals surface area contributed by atoms with Crippen LogP contribution in [0.1, 0.15) is 0 Å². The van der Waals surface area contributed by atoms with E-state index < -0.39 is 12.7 Å². The average Bonchev–Trinajstić information content (AvgIpc) is 2.10. The summed E-state index contributed by atoms with van der Waals surface area (Å²) in [5.41, 5.74) is 0. The molecule has 6 heteroatoms. The molecule has 2 nitrogen and oxygen atoms in total. The van der Waals surface area contributed by atoms with E-state index in [9.17, 15) is 13.2 Å². The molecule has 0 atom stereocenters. The lowest BCUT2D eigenvalue weighted by atomic mass is 10.6. The Bertz CT molecular complexity index is 242. The van der Waals surface area contributed by atoms with Crippen molar-refractivity contribution >= 4 is 11.6 Å². The van der Waals surface area contributed by atoms with Gasteiger partial charge in [0.05, 0.1) is 11.2 Å². The third kappa shape index (κ3) is 2.80. The highest BCUT2D eigenvalue weighted by atomic mass is 35.5. The fourth-order valence-electron chi connectivity index (χ4n) is 0.608. The summed E-state index contributed by atoms with van der Waals surface area (Å²) in [6.07, 6.45) is -1.96. The van der Waals surface area contributed by atoms with Crippen LogP contribution in [0.2, 0.25) is 5.02 Å². The molecule has 62 valence electrons. The van der Waals surface area contributed by atoms with Gasteiger partial charge in [0.1, 0.15) is 6.54 Å². The van der Waals surface area contributed by atoms with Crippen molar-refractivity contribution in [3.8, 4) is 0 Å². The minimum absolute atomic E-state index is 0.203. The Morgan fingerprint density at radius 3 is 2.55 bits per heavy atom. The van der Waals surface area contributed by atoms with Crippen molar-refractivity contribution in [2.45, 2.75) is 12.7 Å². The van der Waals surface area contributed by atoms with E-state index in [2.05, 4.69) is 5.10 Å². The molecular formula is C5H4ClF3N2. The Hall–Kier alpha value is -0.710. The lowest BCUT2D eigenvalue weighted by Gasteiger charge is -2.04. The van der Waals surface area contributed by atoms with Crippen molar-refractivity contribution < 1.29 is 13.2 Å². The molecule has 0 fully saturated rings. The van der Waals surface area contributed by atoms with Gasteiger partial charge in [-0.15, -0.1) is 0 Å². The van der Waals surface area contributed by atoms with Gasteiger partial charge in [-0.2, -0.15) is 18.3 Å². The van der Waals surface area contributed by atoms with E-state index in [0.29, 0.717) is 0 Å². The molecular weight excluding hydrogens is 181 g/mol. The molecule has 0 aliphatic carbocycles. The zero-order valence-corrected chi connectivity index (χ0v) is 6.02. The Morgan fingerprint density at radius 2 is 2.18 bits per heavy atom. The maximum atomic E-state index is 11.6. The molecule has 0 unspecified atom stereocenters. The highest BCUT2D eigenvalue weighted by Gasteiger charge is 2.28. The lowest BCUT2D eigenvalue weighted by molar-refractivity contribution is -0.142. The van der Waals surface area contributed by atoms with Crippen LogP contribution < -0.4 is 0 Å². The van der Waals surface area contributed by atoms with Crippen molar-refractivity contribution in [1.29, 1.82) is 0 Å². The first-order chi connectivity index (χ1) is 4.97. The van der Waals surface area contributed by atoms with E-state index in [1.165, 1.54) is 0 Å². The molecule has 0 aliphatic rings. The third-order valence-electron chi connectivity index (χ3n) is 0.943. The molecule has 11 heavy (non-hydrogen) atoms. The van der Waals surface area contributed by atoms with Crippen LogP contribution in [0.4, 0.5) is 13.2 Å². The first kappa shape index (κ1) is 8.39. The fourth-order valence-corrected chi connectivity index (χ4v) is 0.765. The summed E-state index contributed by atoms with van der Waals surface area (Å²) in [6, 6.07) is 0. The molecule has 0 aromatic carbocycles. The zero-order valence-electron chi connectivity index (χ0n) is 5.27. The van der Waals surface area contributed by atoms with E-state index in [1.807, 2.05) is 0 Å². The number of rotatable bonds is 1. The standard InChI is InChI=1S/C5H4ClF3N2/c6-4-1-10-11(2-4)3-5(7,8)9/h1-2H,3H2. The highest BCUT2D eigenvalue weighted by molar-refractivity contribution is 6.30. The van der Waals surface area contributed by atoms with Gasteiger partial charge in [-0.1, -0.05) is 11.6 Å². The van der Waals surface area contributed by atoms with Crippen LogP contribution in [0.5, 0.6) is 0 Å². The largest absolute Gasteiger partial charge is 0.408 e. The molecule has 1 heterocycles. The van der Waals surface area contributed by atoms with E-state index in [-0.39, 0.29) is 5.02 Å². The van der Waals surface area contributed by atoms with Gasteiger partial charge in [0.25, 0.3) is 0 Å². The van der Waals surface area contributed by atoms with Crippen LogP contribution in [-0.2, 0) is 6.54 Å². The molecule has 1 aromatic heterocycles. The summed E-state index contributed by atoms with van der Waals surface area (Å²) >= 11 is 5.34. The van der Waals surface area contributed by atoms with E-state index in [1.54, 1.807) is 0 Å². The fraction of sp³-hybridized carbons (Fsp3) is 0.400. The Balaban J connectivity index is 2.65. The van der Waals surface area contributed by atoms with Gasteiger partial charge in [-0.05, 0) is 0 Å².